The largest absolute Gasteiger partial charge is 0.402 e. The summed E-state index contributed by atoms with van der Waals surface area (Å²) in [4.78, 5) is 0. The molecule has 0 saturated carbocycles. The molecule has 0 aliphatic rings. The lowest BCUT2D eigenvalue weighted by molar-refractivity contribution is -0.155. The average molecular weight is 158 g/mol. The molecule has 9 heavy (non-hydrogen) atoms. The maximum Gasteiger partial charge on any atom is 0.402 e. The van der Waals surface area contributed by atoms with Crippen LogP contribution in [0, 0.1) is 0 Å². The smallest absolute Gasteiger partial charge is 0.170 e. The van der Waals surface area contributed by atoms with E-state index in [1.54, 1.807) is 0 Å². The van der Waals surface area contributed by atoms with Crippen molar-refractivity contribution in [3.63, 3.8) is 0 Å². The van der Waals surface area contributed by atoms with Gasteiger partial charge in [-0.15, -0.1) is 0 Å². The van der Waals surface area contributed by atoms with E-state index in [2.05, 4.69) is 12.6 Å². The van der Waals surface area contributed by atoms with Crippen LogP contribution < -0.4 is 0 Å². The molecule has 1 atom stereocenters. The van der Waals surface area contributed by atoms with Gasteiger partial charge in [0.05, 0.1) is 0 Å². The Kier molecular flexibility index (Phi) is 2.44. The molecule has 0 bridgehead atoms. The van der Waals surface area contributed by atoms with Crippen molar-refractivity contribution in [3.8, 4) is 0 Å². The SMILES string of the molecule is CC[C@](C)(S)C(F)(F)F. The lowest BCUT2D eigenvalue weighted by atomic mass is 10.1. The van der Waals surface area contributed by atoms with Gasteiger partial charge in [0, 0.05) is 0 Å². The van der Waals surface area contributed by atoms with E-state index >= 15 is 0 Å². The third-order valence-corrected chi connectivity index (χ3v) is 1.87. The van der Waals surface area contributed by atoms with Gasteiger partial charge in [0.15, 0.2) is 0 Å². The first-order valence-electron chi connectivity index (χ1n) is 2.60. The monoisotopic (exact) mass is 158 g/mol. The topological polar surface area (TPSA) is 0 Å². The first-order chi connectivity index (χ1) is 3.81. The van der Waals surface area contributed by atoms with Crippen LogP contribution >= 0.6 is 12.6 Å². The molecule has 0 fully saturated rings. The second-order valence-corrected chi connectivity index (χ2v) is 3.11. The van der Waals surface area contributed by atoms with Crippen molar-refractivity contribution < 1.29 is 13.2 Å². The van der Waals surface area contributed by atoms with Crippen LogP contribution in [-0.2, 0) is 0 Å². The third kappa shape index (κ3) is 2.08. The molecule has 56 valence electrons. The number of hydrogen-bond donors (Lipinski definition) is 1. The number of alkyl halides is 3. The maximum atomic E-state index is 11.8. The summed E-state index contributed by atoms with van der Waals surface area (Å²) in [5.74, 6) is 0. The third-order valence-electron chi connectivity index (χ3n) is 1.30. The molecule has 0 aliphatic carbocycles. The summed E-state index contributed by atoms with van der Waals surface area (Å²) >= 11 is 3.44. The molecule has 0 saturated heterocycles. The van der Waals surface area contributed by atoms with Crippen LogP contribution in [0.5, 0.6) is 0 Å². The zero-order chi connectivity index (χ0) is 7.71. The quantitative estimate of drug-likeness (QED) is 0.557. The molecule has 0 aromatic carbocycles. The van der Waals surface area contributed by atoms with Crippen molar-refractivity contribution in [3.05, 3.63) is 0 Å². The van der Waals surface area contributed by atoms with E-state index < -0.39 is 10.9 Å². The molecule has 0 amide bonds. The van der Waals surface area contributed by atoms with E-state index in [4.69, 9.17) is 0 Å². The van der Waals surface area contributed by atoms with E-state index in [9.17, 15) is 13.2 Å². The highest BCUT2D eigenvalue weighted by atomic mass is 32.1. The van der Waals surface area contributed by atoms with Crippen LogP contribution in [0.25, 0.3) is 0 Å². The standard InChI is InChI=1S/C5H9F3S/c1-3-4(2,9)5(6,7)8/h9H,3H2,1-2H3/t4-/m0/s1. The van der Waals surface area contributed by atoms with E-state index in [1.807, 2.05) is 0 Å². The van der Waals surface area contributed by atoms with E-state index in [-0.39, 0.29) is 6.42 Å². The Morgan fingerprint density at radius 2 is 1.67 bits per heavy atom. The molecule has 4 heteroatoms. The van der Waals surface area contributed by atoms with Gasteiger partial charge < -0.3 is 0 Å². The maximum absolute atomic E-state index is 11.8. The highest BCUT2D eigenvalue weighted by Gasteiger charge is 2.46. The molecule has 0 N–H and O–H groups in total. The van der Waals surface area contributed by atoms with Gasteiger partial charge in [0.2, 0.25) is 0 Å². The van der Waals surface area contributed by atoms with Crippen molar-refractivity contribution in [2.75, 3.05) is 0 Å². The van der Waals surface area contributed by atoms with Gasteiger partial charge in [-0.05, 0) is 13.3 Å². The Morgan fingerprint density at radius 1 is 1.33 bits per heavy atom. The molecule has 0 nitrogen and oxygen atoms in total. The summed E-state index contributed by atoms with van der Waals surface area (Å²) in [5.41, 5.74) is 0. The van der Waals surface area contributed by atoms with Crippen LogP contribution in [0.2, 0.25) is 0 Å². The Labute approximate surface area is 57.9 Å². The molecule has 0 unspecified atom stereocenters. The summed E-state index contributed by atoms with van der Waals surface area (Å²) in [7, 11) is 0. The number of halogens is 3. The van der Waals surface area contributed by atoms with Crippen LogP contribution in [0.1, 0.15) is 20.3 Å². The van der Waals surface area contributed by atoms with Crippen molar-refractivity contribution in [2.45, 2.75) is 31.2 Å². The molecule has 0 heterocycles. The fourth-order valence-corrected chi connectivity index (χ4v) is 0.200. The minimum atomic E-state index is -4.19. The lowest BCUT2D eigenvalue weighted by Gasteiger charge is -2.24. The van der Waals surface area contributed by atoms with Gasteiger partial charge >= 0.3 is 6.18 Å². The minimum Gasteiger partial charge on any atom is -0.170 e. The number of thiol groups is 1. The Morgan fingerprint density at radius 3 is 1.67 bits per heavy atom. The predicted octanol–water partition coefficient (Wildman–Crippen LogP) is 2.65. The molecule has 0 radical (unpaired) electrons. The zero-order valence-electron chi connectivity index (χ0n) is 5.29. The van der Waals surface area contributed by atoms with Gasteiger partial charge in [-0.3, -0.25) is 0 Å². The van der Waals surface area contributed by atoms with Crippen LogP contribution in [0.3, 0.4) is 0 Å². The number of rotatable bonds is 1. The van der Waals surface area contributed by atoms with Gasteiger partial charge in [-0.2, -0.15) is 25.8 Å². The molecule has 0 spiro atoms. The summed E-state index contributed by atoms with van der Waals surface area (Å²) in [6.07, 6.45) is -4.19. The second-order valence-electron chi connectivity index (χ2n) is 2.13. The summed E-state index contributed by atoms with van der Waals surface area (Å²) in [6, 6.07) is 0. The normalized spacial score (nSPS) is 19.3. The average Bonchev–Trinajstić information content (AvgIpc) is 1.64. The first-order valence-corrected chi connectivity index (χ1v) is 3.05. The fourth-order valence-electron chi connectivity index (χ4n) is 0.200. The van der Waals surface area contributed by atoms with E-state index in [1.165, 1.54) is 6.92 Å². The van der Waals surface area contributed by atoms with Gasteiger partial charge in [-0.1, -0.05) is 6.92 Å². The number of hydrogen-bond acceptors (Lipinski definition) is 1. The summed E-state index contributed by atoms with van der Waals surface area (Å²) < 4.78 is 33.4. The zero-order valence-corrected chi connectivity index (χ0v) is 6.18. The van der Waals surface area contributed by atoms with Crippen LogP contribution in [0.15, 0.2) is 0 Å². The summed E-state index contributed by atoms with van der Waals surface area (Å²) in [5, 5.41) is 0. The second kappa shape index (κ2) is 2.40. The fraction of sp³-hybridized carbons (Fsp3) is 1.00. The highest BCUT2D eigenvalue weighted by Crippen LogP contribution is 2.37. The molecule has 0 aliphatic heterocycles. The van der Waals surface area contributed by atoms with Crippen LogP contribution in [-0.4, -0.2) is 10.9 Å². The lowest BCUT2D eigenvalue weighted by Crippen LogP contribution is -2.35. The predicted molar refractivity (Wildman–Crippen MR) is 33.7 cm³/mol. The van der Waals surface area contributed by atoms with E-state index in [0.717, 1.165) is 6.92 Å². The molecular formula is C5H9F3S. The van der Waals surface area contributed by atoms with Crippen molar-refractivity contribution in [1.82, 2.24) is 0 Å². The Hall–Kier alpha value is 0.140. The minimum absolute atomic E-state index is 0.000386. The first kappa shape index (κ1) is 9.14. The van der Waals surface area contributed by atoms with Gasteiger partial charge in [0.1, 0.15) is 4.75 Å². The molecular weight excluding hydrogens is 149 g/mol. The molecule has 0 aromatic rings. The Bertz CT molecular complexity index is 94.9. The van der Waals surface area contributed by atoms with Crippen molar-refractivity contribution in [1.29, 1.82) is 0 Å². The van der Waals surface area contributed by atoms with Gasteiger partial charge in [0.25, 0.3) is 0 Å². The van der Waals surface area contributed by atoms with E-state index in [0.29, 0.717) is 0 Å². The molecule has 0 aromatic heterocycles. The molecule has 0 rings (SSSR count). The van der Waals surface area contributed by atoms with Crippen molar-refractivity contribution >= 4 is 12.6 Å². The highest BCUT2D eigenvalue weighted by molar-refractivity contribution is 7.81. The van der Waals surface area contributed by atoms with Crippen molar-refractivity contribution in [2.24, 2.45) is 0 Å². The van der Waals surface area contributed by atoms with Gasteiger partial charge in [-0.25, -0.2) is 0 Å². The summed E-state index contributed by atoms with van der Waals surface area (Å²) in [6.45, 7) is 2.52. The van der Waals surface area contributed by atoms with Crippen LogP contribution in [0.4, 0.5) is 13.2 Å². The Balaban J connectivity index is 4.14.